The van der Waals surface area contributed by atoms with Gasteiger partial charge in [0.05, 0.1) is 18.9 Å². The molecule has 144 valence electrons. The quantitative estimate of drug-likeness (QED) is 0.711. The standard InChI is InChI=1S/C21H31NO4/c1-5-6-7-10-15(2)19(23)22-17-12-9-8-11-16(17)13-24-20(22)18-14-25-21(3,4)26-18/h8-9,11-12,15,18,20H,5-7,10,13-14H2,1-4H3/t15-,18+,20+/m0/s1. The SMILES string of the molecule is CCCCC[C@H](C)C(=O)N1c2ccccc2CO[C@@H]1[C@H]1COC(C)(C)O1. The van der Waals surface area contributed by atoms with Crippen molar-refractivity contribution >= 4 is 11.6 Å². The predicted molar refractivity (Wildman–Crippen MR) is 101 cm³/mol. The number of para-hydroxylation sites is 1. The Kier molecular flexibility index (Phi) is 6.00. The molecule has 0 radical (unpaired) electrons. The van der Waals surface area contributed by atoms with E-state index in [2.05, 4.69) is 6.92 Å². The van der Waals surface area contributed by atoms with Crippen LogP contribution in [0.25, 0.3) is 0 Å². The number of anilines is 1. The lowest BCUT2D eigenvalue weighted by molar-refractivity contribution is -0.162. The molecular weight excluding hydrogens is 330 g/mol. The Labute approximate surface area is 156 Å². The highest BCUT2D eigenvalue weighted by atomic mass is 16.8. The van der Waals surface area contributed by atoms with Crippen LogP contribution < -0.4 is 4.90 Å². The second-order valence-electron chi connectivity index (χ2n) is 7.80. The maximum Gasteiger partial charge on any atom is 0.232 e. The zero-order valence-electron chi connectivity index (χ0n) is 16.4. The molecule has 5 nitrogen and oxygen atoms in total. The van der Waals surface area contributed by atoms with Crippen molar-refractivity contribution in [1.29, 1.82) is 0 Å². The highest BCUT2D eigenvalue weighted by Gasteiger charge is 2.45. The van der Waals surface area contributed by atoms with Crippen LogP contribution in [0.3, 0.4) is 0 Å². The minimum Gasteiger partial charge on any atom is -0.350 e. The van der Waals surface area contributed by atoms with Gasteiger partial charge in [0, 0.05) is 11.5 Å². The van der Waals surface area contributed by atoms with E-state index in [-0.39, 0.29) is 17.9 Å². The van der Waals surface area contributed by atoms with Crippen molar-refractivity contribution in [3.63, 3.8) is 0 Å². The van der Waals surface area contributed by atoms with Crippen molar-refractivity contribution in [1.82, 2.24) is 0 Å². The number of benzene rings is 1. The lowest BCUT2D eigenvalue weighted by Crippen LogP contribution is -2.54. The Bertz CT molecular complexity index is 630. The number of amides is 1. The molecular formula is C21H31NO4. The molecule has 0 unspecified atom stereocenters. The Morgan fingerprint density at radius 3 is 2.77 bits per heavy atom. The van der Waals surface area contributed by atoms with Crippen LogP contribution in [0, 0.1) is 5.92 Å². The first kappa shape index (κ1) is 19.3. The smallest absolute Gasteiger partial charge is 0.232 e. The van der Waals surface area contributed by atoms with E-state index in [9.17, 15) is 4.79 Å². The van der Waals surface area contributed by atoms with E-state index in [1.165, 1.54) is 0 Å². The van der Waals surface area contributed by atoms with Gasteiger partial charge in [0.2, 0.25) is 5.91 Å². The Morgan fingerprint density at radius 2 is 2.08 bits per heavy atom. The molecule has 2 aliphatic heterocycles. The van der Waals surface area contributed by atoms with Gasteiger partial charge in [-0.05, 0) is 26.3 Å². The van der Waals surface area contributed by atoms with Crippen LogP contribution in [0.5, 0.6) is 0 Å². The maximum absolute atomic E-state index is 13.3. The first-order valence-corrected chi connectivity index (χ1v) is 9.77. The first-order valence-electron chi connectivity index (χ1n) is 9.77. The summed E-state index contributed by atoms with van der Waals surface area (Å²) < 4.78 is 17.8. The van der Waals surface area contributed by atoms with Gasteiger partial charge in [0.25, 0.3) is 0 Å². The minimum atomic E-state index is -0.646. The van der Waals surface area contributed by atoms with Crippen LogP contribution >= 0.6 is 0 Å². The largest absolute Gasteiger partial charge is 0.350 e. The number of hydrogen-bond donors (Lipinski definition) is 0. The van der Waals surface area contributed by atoms with Crippen molar-refractivity contribution < 1.29 is 19.0 Å². The molecule has 2 heterocycles. The molecule has 26 heavy (non-hydrogen) atoms. The molecule has 1 fully saturated rings. The highest BCUT2D eigenvalue weighted by molar-refractivity contribution is 5.96. The number of unbranched alkanes of at least 4 members (excludes halogenated alkanes) is 2. The predicted octanol–water partition coefficient (Wildman–Crippen LogP) is 4.24. The molecule has 1 saturated heterocycles. The average molecular weight is 361 g/mol. The molecule has 3 rings (SSSR count). The second-order valence-corrected chi connectivity index (χ2v) is 7.80. The fraction of sp³-hybridized carbons (Fsp3) is 0.667. The second kappa shape index (κ2) is 8.07. The number of hydrogen-bond acceptors (Lipinski definition) is 4. The zero-order chi connectivity index (χ0) is 18.7. The number of rotatable bonds is 6. The molecule has 0 bridgehead atoms. The maximum atomic E-state index is 13.3. The number of carbonyl (C=O) groups excluding carboxylic acids is 1. The molecule has 0 spiro atoms. The van der Waals surface area contributed by atoms with Crippen LogP contribution in [0.2, 0.25) is 0 Å². The van der Waals surface area contributed by atoms with Crippen molar-refractivity contribution in [2.75, 3.05) is 11.5 Å². The Balaban J connectivity index is 1.84. The van der Waals surface area contributed by atoms with E-state index in [0.29, 0.717) is 13.2 Å². The summed E-state index contributed by atoms with van der Waals surface area (Å²) in [4.78, 5) is 15.1. The zero-order valence-corrected chi connectivity index (χ0v) is 16.4. The van der Waals surface area contributed by atoms with Gasteiger partial charge in [-0.1, -0.05) is 51.3 Å². The van der Waals surface area contributed by atoms with Crippen LogP contribution in [0.15, 0.2) is 24.3 Å². The Hall–Kier alpha value is -1.43. The lowest BCUT2D eigenvalue weighted by atomic mass is 9.99. The molecule has 1 aromatic rings. The van der Waals surface area contributed by atoms with E-state index < -0.39 is 12.0 Å². The fourth-order valence-electron chi connectivity index (χ4n) is 3.69. The van der Waals surface area contributed by atoms with Gasteiger partial charge in [-0.3, -0.25) is 9.69 Å². The minimum absolute atomic E-state index is 0.0471. The van der Waals surface area contributed by atoms with Gasteiger partial charge in [-0.15, -0.1) is 0 Å². The number of nitrogens with zero attached hydrogens (tertiary/aromatic N) is 1. The molecule has 3 atom stereocenters. The van der Waals surface area contributed by atoms with Crippen LogP contribution in [-0.4, -0.2) is 30.6 Å². The van der Waals surface area contributed by atoms with Crippen molar-refractivity contribution in [3.05, 3.63) is 29.8 Å². The third kappa shape index (κ3) is 4.11. The number of fused-ring (bicyclic) bond motifs is 1. The molecule has 0 aliphatic carbocycles. The number of carbonyl (C=O) groups is 1. The van der Waals surface area contributed by atoms with Gasteiger partial charge >= 0.3 is 0 Å². The highest BCUT2D eigenvalue weighted by Crippen LogP contribution is 2.36. The molecule has 0 N–H and O–H groups in total. The lowest BCUT2D eigenvalue weighted by Gasteiger charge is -2.40. The summed E-state index contributed by atoms with van der Waals surface area (Å²) in [5.41, 5.74) is 1.97. The summed E-state index contributed by atoms with van der Waals surface area (Å²) in [5, 5.41) is 0. The van der Waals surface area contributed by atoms with Gasteiger partial charge in [0.15, 0.2) is 12.0 Å². The fourth-order valence-corrected chi connectivity index (χ4v) is 3.69. The third-order valence-electron chi connectivity index (χ3n) is 5.16. The monoisotopic (exact) mass is 361 g/mol. The summed E-state index contributed by atoms with van der Waals surface area (Å²) in [7, 11) is 0. The molecule has 2 aliphatic rings. The number of ether oxygens (including phenoxy) is 3. The summed E-state index contributed by atoms with van der Waals surface area (Å²) in [6.07, 6.45) is 3.54. The normalized spacial score (nSPS) is 25.8. The molecule has 1 amide bonds. The van der Waals surface area contributed by atoms with E-state index in [1.54, 1.807) is 0 Å². The third-order valence-corrected chi connectivity index (χ3v) is 5.16. The van der Waals surface area contributed by atoms with E-state index in [0.717, 1.165) is 36.9 Å². The van der Waals surface area contributed by atoms with Crippen LogP contribution in [0.4, 0.5) is 5.69 Å². The van der Waals surface area contributed by atoms with Gasteiger partial charge in [-0.2, -0.15) is 0 Å². The Morgan fingerprint density at radius 1 is 1.31 bits per heavy atom. The molecule has 0 saturated carbocycles. The van der Waals surface area contributed by atoms with Gasteiger partial charge in [0.1, 0.15) is 6.10 Å². The van der Waals surface area contributed by atoms with Crippen molar-refractivity contribution in [2.45, 2.75) is 78.1 Å². The van der Waals surface area contributed by atoms with Gasteiger partial charge in [-0.25, -0.2) is 0 Å². The topological polar surface area (TPSA) is 48.0 Å². The average Bonchev–Trinajstić information content (AvgIpc) is 3.00. The summed E-state index contributed by atoms with van der Waals surface area (Å²) >= 11 is 0. The van der Waals surface area contributed by atoms with E-state index in [4.69, 9.17) is 14.2 Å². The van der Waals surface area contributed by atoms with Gasteiger partial charge < -0.3 is 14.2 Å². The van der Waals surface area contributed by atoms with Crippen LogP contribution in [0.1, 0.15) is 58.9 Å². The van der Waals surface area contributed by atoms with Crippen molar-refractivity contribution in [3.8, 4) is 0 Å². The summed E-state index contributed by atoms with van der Waals surface area (Å²) in [6, 6.07) is 7.97. The first-order chi connectivity index (χ1) is 12.4. The summed E-state index contributed by atoms with van der Waals surface area (Å²) in [5.74, 6) is -0.590. The van der Waals surface area contributed by atoms with Crippen LogP contribution in [-0.2, 0) is 25.6 Å². The van der Waals surface area contributed by atoms with E-state index in [1.807, 2.05) is 49.9 Å². The van der Waals surface area contributed by atoms with E-state index >= 15 is 0 Å². The van der Waals surface area contributed by atoms with Crippen molar-refractivity contribution in [2.24, 2.45) is 5.92 Å². The summed E-state index contributed by atoms with van der Waals surface area (Å²) in [6.45, 7) is 8.88. The molecule has 5 heteroatoms. The molecule has 0 aromatic heterocycles. The molecule has 1 aromatic carbocycles.